The molecule has 0 bridgehead atoms. The molecule has 0 fully saturated rings. The predicted molar refractivity (Wildman–Crippen MR) is 64.2 cm³/mol. The van der Waals surface area contributed by atoms with Crippen molar-refractivity contribution in [3.8, 4) is 33.7 Å². The number of aromatic nitrogens is 3. The number of aromatic hydroxyl groups is 2. The molecule has 2 heterocycles. The highest BCUT2D eigenvalue weighted by Gasteiger charge is 2.18. The van der Waals surface area contributed by atoms with Gasteiger partial charge in [-0.2, -0.15) is 4.98 Å². The Labute approximate surface area is 105 Å². The van der Waals surface area contributed by atoms with Crippen LogP contribution < -0.4 is 0 Å². The Morgan fingerprint density at radius 1 is 1.17 bits per heavy atom. The fourth-order valence-electron chi connectivity index (χ4n) is 1.50. The predicted octanol–water partition coefficient (Wildman–Crippen LogP) is 2.27. The van der Waals surface area contributed by atoms with Crippen LogP contribution in [0.2, 0.25) is 0 Å². The molecule has 0 aliphatic carbocycles. The summed E-state index contributed by atoms with van der Waals surface area (Å²) in [7, 11) is 0. The summed E-state index contributed by atoms with van der Waals surface area (Å²) in [5.41, 5.74) is 1.78. The minimum absolute atomic E-state index is 0.0639. The Balaban J connectivity index is 2.09. The monoisotopic (exact) mass is 261 g/mol. The van der Waals surface area contributed by atoms with Crippen molar-refractivity contribution in [1.29, 1.82) is 0 Å². The van der Waals surface area contributed by atoms with E-state index in [1.807, 2.05) is 0 Å². The van der Waals surface area contributed by atoms with Crippen LogP contribution in [0, 0.1) is 0 Å². The van der Waals surface area contributed by atoms with Crippen molar-refractivity contribution in [3.63, 3.8) is 0 Å². The fourth-order valence-corrected chi connectivity index (χ4v) is 2.04. The lowest BCUT2D eigenvalue weighted by Gasteiger charge is -2.00. The zero-order valence-electron chi connectivity index (χ0n) is 8.94. The zero-order chi connectivity index (χ0) is 12.5. The molecule has 2 N–H and O–H groups in total. The van der Waals surface area contributed by atoms with Gasteiger partial charge in [-0.1, -0.05) is 11.2 Å². The molecular weight excluding hydrogens is 254 g/mol. The van der Waals surface area contributed by atoms with Gasteiger partial charge in [0.2, 0.25) is 5.82 Å². The maximum atomic E-state index is 9.69. The zero-order valence-corrected chi connectivity index (χ0v) is 9.76. The fraction of sp³-hybridized carbons (Fsp3) is 0. The van der Waals surface area contributed by atoms with Crippen LogP contribution in [-0.2, 0) is 0 Å². The summed E-state index contributed by atoms with van der Waals surface area (Å²) in [6, 6.07) is 4.39. The van der Waals surface area contributed by atoms with E-state index in [-0.39, 0.29) is 23.0 Å². The number of nitrogens with zero attached hydrogens (tertiary/aromatic N) is 3. The van der Waals surface area contributed by atoms with Gasteiger partial charge in [0.05, 0.1) is 10.4 Å². The van der Waals surface area contributed by atoms with Gasteiger partial charge in [-0.15, -0.1) is 11.3 Å². The summed E-state index contributed by atoms with van der Waals surface area (Å²) in [5, 5.41) is 23.2. The number of thiazole rings is 1. The van der Waals surface area contributed by atoms with Gasteiger partial charge in [-0.05, 0) is 12.1 Å². The number of rotatable bonds is 2. The van der Waals surface area contributed by atoms with Crippen molar-refractivity contribution < 1.29 is 14.7 Å². The molecule has 0 radical (unpaired) electrons. The van der Waals surface area contributed by atoms with E-state index in [2.05, 4.69) is 15.1 Å². The average Bonchev–Trinajstić information content (AvgIpc) is 2.99. The van der Waals surface area contributed by atoms with Gasteiger partial charge < -0.3 is 14.7 Å². The summed E-state index contributed by atoms with van der Waals surface area (Å²) in [6.45, 7) is 0. The van der Waals surface area contributed by atoms with E-state index in [1.165, 1.54) is 29.5 Å². The van der Waals surface area contributed by atoms with E-state index in [4.69, 9.17) is 4.52 Å². The topological polar surface area (TPSA) is 92.3 Å². The van der Waals surface area contributed by atoms with Gasteiger partial charge in [0.1, 0.15) is 17.1 Å². The average molecular weight is 261 g/mol. The van der Waals surface area contributed by atoms with Gasteiger partial charge >= 0.3 is 0 Å². The van der Waals surface area contributed by atoms with E-state index in [1.54, 1.807) is 11.7 Å². The van der Waals surface area contributed by atoms with Gasteiger partial charge in [-0.25, -0.2) is 0 Å². The standard InChI is InChI=1S/C11H7N3O3S/c15-6-2-1-3-7(16)9(6)11-13-10(14-17-11)8-4-12-5-18-8/h1-5,15-16H. The molecule has 0 unspecified atom stereocenters. The molecular formula is C11H7N3O3S. The highest BCUT2D eigenvalue weighted by atomic mass is 32.1. The van der Waals surface area contributed by atoms with Crippen LogP contribution in [0.5, 0.6) is 11.5 Å². The molecule has 6 nitrogen and oxygen atoms in total. The molecule has 0 amide bonds. The SMILES string of the molecule is Oc1cccc(O)c1-c1nc(-c2cncs2)no1. The van der Waals surface area contributed by atoms with Crippen LogP contribution in [0.3, 0.4) is 0 Å². The molecule has 0 spiro atoms. The van der Waals surface area contributed by atoms with Gasteiger partial charge in [-0.3, -0.25) is 4.98 Å². The number of hydrogen-bond acceptors (Lipinski definition) is 7. The molecule has 3 rings (SSSR count). The van der Waals surface area contributed by atoms with Crippen LogP contribution in [0.4, 0.5) is 0 Å². The van der Waals surface area contributed by atoms with Crippen LogP contribution in [0.15, 0.2) is 34.4 Å². The molecule has 90 valence electrons. The van der Waals surface area contributed by atoms with Crippen molar-refractivity contribution in [3.05, 3.63) is 29.9 Å². The second-order valence-electron chi connectivity index (χ2n) is 3.46. The first-order valence-electron chi connectivity index (χ1n) is 4.99. The Morgan fingerprint density at radius 3 is 2.61 bits per heavy atom. The lowest BCUT2D eigenvalue weighted by atomic mass is 10.2. The Morgan fingerprint density at radius 2 is 1.94 bits per heavy atom. The maximum absolute atomic E-state index is 9.69. The minimum Gasteiger partial charge on any atom is -0.507 e. The van der Waals surface area contributed by atoms with Crippen LogP contribution in [-0.4, -0.2) is 25.3 Å². The van der Waals surface area contributed by atoms with Crippen molar-refractivity contribution in [1.82, 2.24) is 15.1 Å². The van der Waals surface area contributed by atoms with E-state index in [9.17, 15) is 10.2 Å². The van der Waals surface area contributed by atoms with Gasteiger partial charge in [0.25, 0.3) is 5.89 Å². The Bertz CT molecular complexity index is 658. The summed E-state index contributed by atoms with van der Waals surface area (Å²) in [5.74, 6) is 0.202. The van der Waals surface area contributed by atoms with E-state index >= 15 is 0 Å². The first-order valence-corrected chi connectivity index (χ1v) is 5.87. The van der Waals surface area contributed by atoms with Crippen molar-refractivity contribution >= 4 is 11.3 Å². The quantitative estimate of drug-likeness (QED) is 0.735. The summed E-state index contributed by atoms with van der Waals surface area (Å²) in [4.78, 5) is 8.78. The number of hydrogen-bond donors (Lipinski definition) is 2. The van der Waals surface area contributed by atoms with E-state index in [0.717, 1.165) is 4.88 Å². The first kappa shape index (κ1) is 10.7. The first-order chi connectivity index (χ1) is 8.75. The van der Waals surface area contributed by atoms with Crippen LogP contribution >= 0.6 is 11.3 Å². The van der Waals surface area contributed by atoms with Gasteiger partial charge in [0.15, 0.2) is 0 Å². The van der Waals surface area contributed by atoms with Crippen molar-refractivity contribution in [2.45, 2.75) is 0 Å². The van der Waals surface area contributed by atoms with Crippen molar-refractivity contribution in [2.24, 2.45) is 0 Å². The molecule has 0 saturated heterocycles. The van der Waals surface area contributed by atoms with E-state index < -0.39 is 0 Å². The number of phenolic OH excluding ortho intramolecular Hbond substituents is 2. The van der Waals surface area contributed by atoms with Gasteiger partial charge in [0, 0.05) is 6.20 Å². The Hall–Kier alpha value is -2.41. The highest BCUT2D eigenvalue weighted by molar-refractivity contribution is 7.13. The Kier molecular flexibility index (Phi) is 2.45. The number of benzene rings is 1. The smallest absolute Gasteiger partial charge is 0.265 e. The third-order valence-corrected chi connectivity index (χ3v) is 3.08. The largest absolute Gasteiger partial charge is 0.507 e. The normalized spacial score (nSPS) is 10.7. The van der Waals surface area contributed by atoms with Crippen LogP contribution in [0.25, 0.3) is 22.2 Å². The second kappa shape index (κ2) is 4.11. The number of phenols is 2. The molecule has 3 aromatic rings. The molecule has 2 aromatic heterocycles. The lowest BCUT2D eigenvalue weighted by Crippen LogP contribution is -1.81. The molecule has 18 heavy (non-hydrogen) atoms. The third-order valence-electron chi connectivity index (χ3n) is 2.31. The molecule has 0 atom stereocenters. The summed E-state index contributed by atoms with van der Waals surface area (Å²) in [6.07, 6.45) is 1.62. The van der Waals surface area contributed by atoms with Crippen LogP contribution in [0.1, 0.15) is 0 Å². The summed E-state index contributed by atoms with van der Waals surface area (Å²) >= 11 is 1.37. The molecule has 0 aliphatic rings. The molecule has 0 saturated carbocycles. The minimum atomic E-state index is -0.116. The summed E-state index contributed by atoms with van der Waals surface area (Å²) < 4.78 is 5.03. The molecule has 0 aliphatic heterocycles. The lowest BCUT2D eigenvalue weighted by molar-refractivity contribution is 0.416. The van der Waals surface area contributed by atoms with Crippen molar-refractivity contribution in [2.75, 3.05) is 0 Å². The van der Waals surface area contributed by atoms with E-state index in [0.29, 0.717) is 5.82 Å². The molecule has 1 aromatic carbocycles. The second-order valence-corrected chi connectivity index (χ2v) is 4.35. The maximum Gasteiger partial charge on any atom is 0.265 e. The molecule has 7 heteroatoms. The highest BCUT2D eigenvalue weighted by Crippen LogP contribution is 2.36. The third kappa shape index (κ3) is 1.70.